The van der Waals surface area contributed by atoms with Crippen LogP contribution >= 0.6 is 24.8 Å². The van der Waals surface area contributed by atoms with Crippen molar-refractivity contribution in [2.24, 2.45) is 0 Å². The zero-order valence-corrected chi connectivity index (χ0v) is 8.84. The quantitative estimate of drug-likeness (QED) is 0.460. The van der Waals surface area contributed by atoms with Gasteiger partial charge in [-0.1, -0.05) is 12.2 Å². The highest BCUT2D eigenvalue weighted by Gasteiger charge is 2.29. The summed E-state index contributed by atoms with van der Waals surface area (Å²) in [7, 11) is 0. The summed E-state index contributed by atoms with van der Waals surface area (Å²) in [5.74, 6) is 0. The molecule has 0 radical (unpaired) electrons. The van der Waals surface area contributed by atoms with Crippen LogP contribution in [0.4, 0.5) is 0 Å². The summed E-state index contributed by atoms with van der Waals surface area (Å²) in [6, 6.07) is 0. The molecule has 0 aromatic heterocycles. The van der Waals surface area contributed by atoms with E-state index in [1.807, 2.05) is 0 Å². The number of likely N-dealkylation sites (tertiary alicyclic amines) is 1. The van der Waals surface area contributed by atoms with Crippen LogP contribution in [0.15, 0.2) is 0 Å². The van der Waals surface area contributed by atoms with Crippen LogP contribution in [0.25, 0.3) is 0 Å². The summed E-state index contributed by atoms with van der Waals surface area (Å²) in [5, 5.41) is 0. The van der Waals surface area contributed by atoms with Gasteiger partial charge in [-0.25, -0.2) is 0 Å². The SMILES string of the molecule is CC1(C)CCCCN1C(=S)S. The maximum atomic E-state index is 5.05. The molecule has 0 unspecified atom stereocenters. The first-order chi connectivity index (χ1) is 5.04. The van der Waals surface area contributed by atoms with Gasteiger partial charge in [-0.2, -0.15) is 0 Å². The molecule has 0 amide bonds. The van der Waals surface area contributed by atoms with Crippen molar-refractivity contribution in [1.82, 2.24) is 4.90 Å². The Hall–Kier alpha value is 0.240. The first kappa shape index (κ1) is 9.33. The molecule has 1 heterocycles. The lowest BCUT2D eigenvalue weighted by molar-refractivity contribution is 0.164. The first-order valence-corrected chi connectivity index (χ1v) is 4.90. The lowest BCUT2D eigenvalue weighted by atomic mass is 9.91. The lowest BCUT2D eigenvalue weighted by Gasteiger charge is -2.43. The number of hydrogen-bond donors (Lipinski definition) is 1. The molecule has 1 saturated heterocycles. The van der Waals surface area contributed by atoms with Gasteiger partial charge in [0.1, 0.15) is 4.32 Å². The minimum atomic E-state index is 0.233. The maximum Gasteiger partial charge on any atom is 0.133 e. The minimum absolute atomic E-state index is 0.233. The second kappa shape index (κ2) is 3.31. The number of piperidine rings is 1. The monoisotopic (exact) mass is 189 g/mol. The highest BCUT2D eigenvalue weighted by Crippen LogP contribution is 2.28. The maximum absolute atomic E-state index is 5.05. The highest BCUT2D eigenvalue weighted by molar-refractivity contribution is 8.10. The largest absolute Gasteiger partial charge is 0.353 e. The van der Waals surface area contributed by atoms with E-state index in [1.54, 1.807) is 0 Å². The van der Waals surface area contributed by atoms with Gasteiger partial charge in [0.05, 0.1) is 0 Å². The van der Waals surface area contributed by atoms with Gasteiger partial charge in [-0.3, -0.25) is 0 Å². The Kier molecular flexibility index (Phi) is 2.81. The Balaban J connectivity index is 2.67. The van der Waals surface area contributed by atoms with Gasteiger partial charge < -0.3 is 4.90 Å². The molecule has 1 aliphatic heterocycles. The molecule has 64 valence electrons. The third-order valence-electron chi connectivity index (χ3n) is 2.38. The van der Waals surface area contributed by atoms with Crippen molar-refractivity contribution in [3.63, 3.8) is 0 Å². The standard InChI is InChI=1S/C8H15NS2/c1-8(2)5-3-4-6-9(8)7(10)11/h3-6H2,1-2H3,(H,10,11). The van der Waals surface area contributed by atoms with Crippen LogP contribution in [0.3, 0.4) is 0 Å². The van der Waals surface area contributed by atoms with E-state index < -0.39 is 0 Å². The van der Waals surface area contributed by atoms with E-state index in [-0.39, 0.29) is 5.54 Å². The topological polar surface area (TPSA) is 3.24 Å². The van der Waals surface area contributed by atoms with Crippen molar-refractivity contribution in [1.29, 1.82) is 0 Å². The van der Waals surface area contributed by atoms with E-state index in [2.05, 4.69) is 31.4 Å². The summed E-state index contributed by atoms with van der Waals surface area (Å²) in [6.07, 6.45) is 3.80. The fraction of sp³-hybridized carbons (Fsp3) is 0.875. The van der Waals surface area contributed by atoms with Crippen molar-refractivity contribution in [3.05, 3.63) is 0 Å². The Bertz CT molecular complexity index is 165. The Morgan fingerprint density at radius 2 is 2.09 bits per heavy atom. The summed E-state index contributed by atoms with van der Waals surface area (Å²) in [6.45, 7) is 5.54. The van der Waals surface area contributed by atoms with Gasteiger partial charge in [-0.05, 0) is 33.1 Å². The molecule has 0 saturated carbocycles. The molecular weight excluding hydrogens is 174 g/mol. The van der Waals surface area contributed by atoms with Crippen molar-refractivity contribution in [2.75, 3.05) is 6.54 Å². The van der Waals surface area contributed by atoms with E-state index in [0.29, 0.717) is 0 Å². The van der Waals surface area contributed by atoms with Crippen LogP contribution in [0.5, 0.6) is 0 Å². The predicted octanol–water partition coefficient (Wildman–Crippen LogP) is 2.47. The molecule has 1 aliphatic rings. The number of thiocarbonyl (C=S) groups is 1. The molecule has 1 nitrogen and oxygen atoms in total. The van der Waals surface area contributed by atoms with E-state index in [1.165, 1.54) is 19.3 Å². The van der Waals surface area contributed by atoms with Gasteiger partial charge in [0.2, 0.25) is 0 Å². The van der Waals surface area contributed by atoms with Gasteiger partial charge >= 0.3 is 0 Å². The average Bonchev–Trinajstić information content (AvgIpc) is 1.85. The molecule has 0 N–H and O–H groups in total. The summed E-state index contributed by atoms with van der Waals surface area (Å²) < 4.78 is 0.745. The fourth-order valence-electron chi connectivity index (χ4n) is 1.62. The number of rotatable bonds is 0. The summed E-state index contributed by atoms with van der Waals surface area (Å²) in [4.78, 5) is 2.22. The minimum Gasteiger partial charge on any atom is -0.353 e. The van der Waals surface area contributed by atoms with Crippen LogP contribution in [-0.4, -0.2) is 21.3 Å². The number of nitrogens with zero attached hydrogens (tertiary/aromatic N) is 1. The van der Waals surface area contributed by atoms with E-state index >= 15 is 0 Å². The van der Waals surface area contributed by atoms with Crippen molar-refractivity contribution < 1.29 is 0 Å². The molecule has 0 aromatic rings. The molecule has 0 aromatic carbocycles. The zero-order chi connectivity index (χ0) is 8.48. The Morgan fingerprint density at radius 3 is 2.45 bits per heavy atom. The highest BCUT2D eigenvalue weighted by atomic mass is 32.1. The predicted molar refractivity (Wildman–Crippen MR) is 56.2 cm³/mol. The molecular formula is C8H15NS2. The second-order valence-corrected chi connectivity index (χ2v) is 4.82. The van der Waals surface area contributed by atoms with Gasteiger partial charge in [0, 0.05) is 12.1 Å². The molecule has 3 heteroatoms. The third-order valence-corrected chi connectivity index (χ3v) is 2.84. The molecule has 1 fully saturated rings. The molecule has 0 bridgehead atoms. The van der Waals surface area contributed by atoms with E-state index in [0.717, 1.165) is 10.9 Å². The zero-order valence-electron chi connectivity index (χ0n) is 7.13. The van der Waals surface area contributed by atoms with Crippen LogP contribution < -0.4 is 0 Å². The van der Waals surface area contributed by atoms with Crippen LogP contribution in [0, 0.1) is 0 Å². The number of thiol groups is 1. The second-order valence-electron chi connectivity index (χ2n) is 3.70. The van der Waals surface area contributed by atoms with Crippen molar-refractivity contribution in [3.8, 4) is 0 Å². The molecule has 11 heavy (non-hydrogen) atoms. The van der Waals surface area contributed by atoms with Crippen LogP contribution in [0.1, 0.15) is 33.1 Å². The third kappa shape index (κ3) is 2.09. The van der Waals surface area contributed by atoms with Crippen molar-refractivity contribution >= 4 is 29.2 Å². The van der Waals surface area contributed by atoms with Gasteiger partial charge in [-0.15, -0.1) is 12.6 Å². The fourth-order valence-corrected chi connectivity index (χ4v) is 2.33. The average molecular weight is 189 g/mol. The van der Waals surface area contributed by atoms with Crippen molar-refractivity contribution in [2.45, 2.75) is 38.6 Å². The number of hydrogen-bond acceptors (Lipinski definition) is 1. The molecule has 1 rings (SSSR count). The Labute approximate surface area is 79.6 Å². The van der Waals surface area contributed by atoms with Gasteiger partial charge in [0.15, 0.2) is 0 Å². The smallest absolute Gasteiger partial charge is 0.133 e. The molecule has 0 aliphatic carbocycles. The lowest BCUT2D eigenvalue weighted by Crippen LogP contribution is -2.48. The van der Waals surface area contributed by atoms with Crippen LogP contribution in [0.2, 0.25) is 0 Å². The first-order valence-electron chi connectivity index (χ1n) is 4.04. The Morgan fingerprint density at radius 1 is 1.45 bits per heavy atom. The summed E-state index contributed by atoms with van der Waals surface area (Å²) in [5.41, 5.74) is 0.233. The normalized spacial score (nSPS) is 23.4. The molecule has 0 atom stereocenters. The summed E-state index contributed by atoms with van der Waals surface area (Å²) >= 11 is 9.27. The molecule has 0 spiro atoms. The van der Waals surface area contributed by atoms with E-state index in [4.69, 9.17) is 12.2 Å². The van der Waals surface area contributed by atoms with E-state index in [9.17, 15) is 0 Å². The van der Waals surface area contributed by atoms with Gasteiger partial charge in [0.25, 0.3) is 0 Å². The van der Waals surface area contributed by atoms with Crippen LogP contribution in [-0.2, 0) is 0 Å².